The maximum absolute atomic E-state index is 14.1. The van der Waals surface area contributed by atoms with Crippen LogP contribution in [0.3, 0.4) is 0 Å². The second-order valence-electron chi connectivity index (χ2n) is 10.3. The van der Waals surface area contributed by atoms with Gasteiger partial charge in [-0.05, 0) is 43.5 Å². The van der Waals surface area contributed by atoms with Crippen LogP contribution in [-0.4, -0.2) is 68.3 Å². The highest BCUT2D eigenvalue weighted by molar-refractivity contribution is 6.30. The molecule has 1 spiro atoms. The van der Waals surface area contributed by atoms with Crippen molar-refractivity contribution in [2.45, 2.75) is 44.4 Å². The van der Waals surface area contributed by atoms with Gasteiger partial charge in [0.15, 0.2) is 23.6 Å². The highest BCUT2D eigenvalue weighted by Crippen LogP contribution is 2.57. The minimum Gasteiger partial charge on any atom is -0.440 e. The van der Waals surface area contributed by atoms with E-state index >= 15 is 0 Å². The molecule has 200 valence electrons. The third-order valence-electron chi connectivity index (χ3n) is 7.75. The molecule has 1 aromatic carbocycles. The normalized spacial score (nSPS) is 20.0. The molecule has 0 N–H and O–H groups in total. The first-order valence-corrected chi connectivity index (χ1v) is 12.7. The van der Waals surface area contributed by atoms with E-state index in [1.807, 2.05) is 15.5 Å². The quantitative estimate of drug-likeness (QED) is 0.463. The lowest BCUT2D eigenvalue weighted by molar-refractivity contribution is 0.0286. The average molecular weight is 548 g/mol. The van der Waals surface area contributed by atoms with E-state index in [1.165, 1.54) is 17.4 Å². The maximum Gasteiger partial charge on any atom is 0.411 e. The van der Waals surface area contributed by atoms with E-state index in [1.54, 1.807) is 19.1 Å². The molecule has 2 aliphatic heterocycles. The van der Waals surface area contributed by atoms with Crippen molar-refractivity contribution in [3.05, 3.63) is 58.8 Å². The summed E-state index contributed by atoms with van der Waals surface area (Å²) < 4.78 is 47.3. The summed E-state index contributed by atoms with van der Waals surface area (Å²) in [6.07, 6.45) is 1.92. The predicted molar refractivity (Wildman–Crippen MR) is 131 cm³/mol. The Hall–Kier alpha value is -3.41. The zero-order valence-electron chi connectivity index (χ0n) is 20.5. The van der Waals surface area contributed by atoms with Gasteiger partial charge in [-0.3, -0.25) is 9.47 Å². The Bertz CT molecular complexity index is 1370. The minimum atomic E-state index is -1.46. The van der Waals surface area contributed by atoms with E-state index in [2.05, 4.69) is 20.2 Å². The van der Waals surface area contributed by atoms with Crippen LogP contribution in [0.1, 0.15) is 48.9 Å². The Balaban J connectivity index is 1.26. The number of amides is 1. The van der Waals surface area contributed by atoms with Gasteiger partial charge in [-0.2, -0.15) is 0 Å². The lowest BCUT2D eigenvalue weighted by atomic mass is 9.57. The first-order chi connectivity index (χ1) is 18.3. The molecule has 1 atom stereocenters. The van der Waals surface area contributed by atoms with Crippen LogP contribution in [-0.2, 0) is 11.3 Å². The van der Waals surface area contributed by atoms with Crippen LogP contribution < -0.4 is 4.90 Å². The Morgan fingerprint density at radius 2 is 1.95 bits per heavy atom. The van der Waals surface area contributed by atoms with Crippen LogP contribution in [0, 0.1) is 11.2 Å². The average Bonchev–Trinajstić information content (AvgIpc) is 3.24. The molecule has 3 aliphatic rings. The van der Waals surface area contributed by atoms with Gasteiger partial charge in [0.25, 0.3) is 0 Å². The summed E-state index contributed by atoms with van der Waals surface area (Å²) in [6, 6.07) is 4.80. The number of benzene rings is 1. The number of rotatable bonds is 5. The monoisotopic (exact) mass is 547 g/mol. The second-order valence-corrected chi connectivity index (χ2v) is 10.7. The SMILES string of the molecule is CC1c2nnc(C3CC4(C3)CN(c3ncncc3F)C4)n2-c2ccc(Cl)cc2CN1C(=O)OC(CF)CF. The Kier molecular flexibility index (Phi) is 6.16. The third kappa shape index (κ3) is 4.05. The standard InChI is InChI=1S/C25H25ClF3N7O2/c1-14-21-32-33-22(16-5-25(6-16)11-34(12-25)23-19(29)9-30-13-31-23)36(21)20-3-2-17(26)4-15(20)10-35(14)24(37)38-18(7-27)8-28/h2-4,9,13-14,16,18H,5-8,10-12H2,1H3. The molecule has 6 rings (SSSR count). The van der Waals surface area contributed by atoms with Crippen LogP contribution in [0.2, 0.25) is 5.02 Å². The van der Waals surface area contributed by atoms with Gasteiger partial charge in [0.2, 0.25) is 0 Å². The summed E-state index contributed by atoms with van der Waals surface area (Å²) in [5.74, 6) is 1.30. The number of hydrogen-bond acceptors (Lipinski definition) is 7. The Morgan fingerprint density at radius 1 is 1.21 bits per heavy atom. The zero-order chi connectivity index (χ0) is 26.6. The van der Waals surface area contributed by atoms with Gasteiger partial charge in [-0.1, -0.05) is 11.6 Å². The fourth-order valence-corrected chi connectivity index (χ4v) is 6.06. The predicted octanol–water partition coefficient (Wildman–Crippen LogP) is 4.55. The highest BCUT2D eigenvalue weighted by Gasteiger charge is 2.55. The fourth-order valence-electron chi connectivity index (χ4n) is 5.87. The first-order valence-electron chi connectivity index (χ1n) is 12.4. The molecule has 0 radical (unpaired) electrons. The molecule has 0 bridgehead atoms. The summed E-state index contributed by atoms with van der Waals surface area (Å²) in [5.41, 5.74) is 1.58. The largest absolute Gasteiger partial charge is 0.440 e. The van der Waals surface area contributed by atoms with E-state index < -0.39 is 37.4 Å². The molecule has 2 aromatic heterocycles. The molecular weight excluding hydrogens is 523 g/mol. The van der Waals surface area contributed by atoms with Crippen LogP contribution in [0.25, 0.3) is 5.69 Å². The molecule has 13 heteroatoms. The van der Waals surface area contributed by atoms with E-state index in [0.717, 1.165) is 29.9 Å². The van der Waals surface area contributed by atoms with Crippen molar-refractivity contribution in [2.24, 2.45) is 5.41 Å². The summed E-state index contributed by atoms with van der Waals surface area (Å²) in [4.78, 5) is 24.0. The molecule has 9 nitrogen and oxygen atoms in total. The van der Waals surface area contributed by atoms with Crippen molar-refractivity contribution in [1.82, 2.24) is 29.6 Å². The summed E-state index contributed by atoms with van der Waals surface area (Å²) in [7, 11) is 0. The van der Waals surface area contributed by atoms with Crippen LogP contribution in [0.5, 0.6) is 0 Å². The lowest BCUT2D eigenvalue weighted by Crippen LogP contribution is -2.62. The number of carbonyl (C=O) groups excluding carboxylic acids is 1. The number of alkyl halides is 2. The van der Waals surface area contributed by atoms with Crippen molar-refractivity contribution in [3.63, 3.8) is 0 Å². The lowest BCUT2D eigenvalue weighted by Gasteiger charge is -2.59. The van der Waals surface area contributed by atoms with Gasteiger partial charge in [-0.15, -0.1) is 10.2 Å². The second kappa shape index (κ2) is 9.40. The smallest absolute Gasteiger partial charge is 0.411 e. The van der Waals surface area contributed by atoms with Gasteiger partial charge in [-0.25, -0.2) is 27.9 Å². The van der Waals surface area contributed by atoms with Gasteiger partial charge < -0.3 is 9.64 Å². The van der Waals surface area contributed by atoms with Crippen molar-refractivity contribution < 1.29 is 22.7 Å². The van der Waals surface area contributed by atoms with Gasteiger partial charge in [0.05, 0.1) is 24.5 Å². The molecule has 4 heterocycles. The molecule has 1 saturated carbocycles. The van der Waals surface area contributed by atoms with Crippen molar-refractivity contribution in [1.29, 1.82) is 0 Å². The summed E-state index contributed by atoms with van der Waals surface area (Å²) in [6.45, 7) is 1.07. The van der Waals surface area contributed by atoms with Crippen molar-refractivity contribution in [3.8, 4) is 5.69 Å². The number of carbonyl (C=O) groups is 1. The molecule has 1 aliphatic carbocycles. The van der Waals surface area contributed by atoms with Crippen molar-refractivity contribution >= 4 is 23.5 Å². The maximum atomic E-state index is 14.1. The van der Waals surface area contributed by atoms with Crippen LogP contribution in [0.15, 0.2) is 30.7 Å². The Labute approximate surface area is 221 Å². The van der Waals surface area contributed by atoms with Crippen LogP contribution >= 0.6 is 11.6 Å². The fraction of sp³-hybridized carbons (Fsp3) is 0.480. The minimum absolute atomic E-state index is 0.0528. The van der Waals surface area contributed by atoms with Gasteiger partial charge in [0.1, 0.15) is 25.5 Å². The molecule has 1 saturated heterocycles. The van der Waals surface area contributed by atoms with Gasteiger partial charge >= 0.3 is 6.09 Å². The first kappa shape index (κ1) is 24.9. The number of nitrogens with zero attached hydrogens (tertiary/aromatic N) is 7. The molecule has 2 fully saturated rings. The number of aromatic nitrogens is 5. The van der Waals surface area contributed by atoms with Gasteiger partial charge in [0, 0.05) is 29.4 Å². The Morgan fingerprint density at radius 3 is 2.66 bits per heavy atom. The number of halogens is 4. The van der Waals surface area contributed by atoms with E-state index in [-0.39, 0.29) is 17.9 Å². The third-order valence-corrected chi connectivity index (χ3v) is 7.98. The van der Waals surface area contributed by atoms with Crippen LogP contribution in [0.4, 0.5) is 23.8 Å². The molecule has 1 unspecified atom stereocenters. The summed E-state index contributed by atoms with van der Waals surface area (Å²) in [5, 5.41) is 9.46. The molecular formula is C25H25ClF3N7O2. The number of ether oxygens (including phenoxy) is 1. The van der Waals surface area contributed by atoms with E-state index in [4.69, 9.17) is 16.3 Å². The highest BCUT2D eigenvalue weighted by atomic mass is 35.5. The van der Waals surface area contributed by atoms with Crippen molar-refractivity contribution in [2.75, 3.05) is 31.3 Å². The summed E-state index contributed by atoms with van der Waals surface area (Å²) >= 11 is 6.29. The number of hydrogen-bond donors (Lipinski definition) is 0. The zero-order valence-corrected chi connectivity index (χ0v) is 21.3. The van der Waals surface area contributed by atoms with E-state index in [9.17, 15) is 18.0 Å². The number of anilines is 1. The molecule has 3 aromatic rings. The number of fused-ring (bicyclic) bond motifs is 3. The molecule has 38 heavy (non-hydrogen) atoms. The topological polar surface area (TPSA) is 89.3 Å². The van der Waals surface area contributed by atoms with E-state index in [0.29, 0.717) is 29.8 Å². The molecule has 1 amide bonds.